The number of rotatable bonds is 4. The van der Waals surface area contributed by atoms with Crippen LogP contribution in [-0.2, 0) is 14.8 Å². The standard InChI is InChI=1S/C22H25ClN2O3S/c1-14-7-5-6-8-18(14)29(27,28)25-19(22(2,3)4)13-17(21(24)26)20(25)15-9-11-16(23)12-10-15/h5-13,19-20H,1-4H3,(H2,24,26)/t19-,20-/m0/s1. The van der Waals surface area contributed by atoms with Gasteiger partial charge in [-0.25, -0.2) is 8.42 Å². The molecule has 0 saturated heterocycles. The van der Waals surface area contributed by atoms with E-state index in [1.165, 1.54) is 4.31 Å². The van der Waals surface area contributed by atoms with E-state index in [4.69, 9.17) is 17.3 Å². The Morgan fingerprint density at radius 3 is 2.17 bits per heavy atom. The quantitative estimate of drug-likeness (QED) is 0.785. The van der Waals surface area contributed by atoms with Crippen LogP contribution < -0.4 is 5.73 Å². The van der Waals surface area contributed by atoms with Crippen molar-refractivity contribution in [3.63, 3.8) is 0 Å². The average molecular weight is 433 g/mol. The Morgan fingerprint density at radius 2 is 1.66 bits per heavy atom. The summed E-state index contributed by atoms with van der Waals surface area (Å²) in [6, 6.07) is 12.3. The van der Waals surface area contributed by atoms with Crippen molar-refractivity contribution < 1.29 is 13.2 Å². The molecule has 1 aliphatic heterocycles. The van der Waals surface area contributed by atoms with Crippen molar-refractivity contribution >= 4 is 27.5 Å². The molecule has 1 amide bonds. The number of aryl methyl sites for hydroxylation is 1. The van der Waals surface area contributed by atoms with E-state index in [0.29, 0.717) is 16.1 Å². The molecule has 2 aromatic carbocycles. The predicted octanol–water partition coefficient (Wildman–Crippen LogP) is 4.22. The number of primary amides is 1. The maximum absolute atomic E-state index is 13.8. The maximum Gasteiger partial charge on any atom is 0.246 e. The highest BCUT2D eigenvalue weighted by Gasteiger charge is 2.49. The lowest BCUT2D eigenvalue weighted by Gasteiger charge is -2.37. The molecule has 0 bridgehead atoms. The molecule has 0 saturated carbocycles. The fraction of sp³-hybridized carbons (Fsp3) is 0.318. The maximum atomic E-state index is 13.8. The van der Waals surface area contributed by atoms with Gasteiger partial charge in [-0.15, -0.1) is 0 Å². The first kappa shape index (κ1) is 21.6. The van der Waals surface area contributed by atoms with Crippen LogP contribution in [0.25, 0.3) is 0 Å². The van der Waals surface area contributed by atoms with Gasteiger partial charge >= 0.3 is 0 Å². The van der Waals surface area contributed by atoms with Gasteiger partial charge in [0.1, 0.15) is 0 Å². The number of hydrogen-bond donors (Lipinski definition) is 1. The zero-order valence-electron chi connectivity index (χ0n) is 16.9. The highest BCUT2D eigenvalue weighted by molar-refractivity contribution is 7.89. The summed E-state index contributed by atoms with van der Waals surface area (Å²) in [4.78, 5) is 12.5. The number of nitrogens with two attached hydrogens (primary N) is 1. The molecule has 154 valence electrons. The molecule has 2 atom stereocenters. The highest BCUT2D eigenvalue weighted by atomic mass is 35.5. The van der Waals surface area contributed by atoms with Crippen LogP contribution in [0.15, 0.2) is 65.1 Å². The van der Waals surface area contributed by atoms with Gasteiger partial charge in [0, 0.05) is 16.6 Å². The van der Waals surface area contributed by atoms with Crippen molar-refractivity contribution in [2.24, 2.45) is 11.1 Å². The summed E-state index contributed by atoms with van der Waals surface area (Å²) in [5.74, 6) is -0.637. The van der Waals surface area contributed by atoms with E-state index in [-0.39, 0.29) is 10.5 Å². The van der Waals surface area contributed by atoms with E-state index in [9.17, 15) is 13.2 Å². The van der Waals surface area contributed by atoms with Gasteiger partial charge in [0.25, 0.3) is 0 Å². The largest absolute Gasteiger partial charge is 0.366 e. The number of carbonyl (C=O) groups is 1. The van der Waals surface area contributed by atoms with E-state index in [0.717, 1.165) is 0 Å². The Labute approximate surface area is 177 Å². The number of amides is 1. The zero-order valence-corrected chi connectivity index (χ0v) is 18.5. The summed E-state index contributed by atoms with van der Waals surface area (Å²) in [7, 11) is -3.94. The third-order valence-corrected chi connectivity index (χ3v) is 7.43. The fourth-order valence-corrected chi connectivity index (χ4v) is 5.97. The molecule has 0 radical (unpaired) electrons. The lowest BCUT2D eigenvalue weighted by molar-refractivity contribution is -0.114. The molecule has 0 unspecified atom stereocenters. The zero-order chi connectivity index (χ0) is 21.6. The number of benzene rings is 2. The number of hydrogen-bond acceptors (Lipinski definition) is 3. The van der Waals surface area contributed by atoms with Gasteiger partial charge < -0.3 is 5.73 Å². The van der Waals surface area contributed by atoms with E-state index in [2.05, 4.69) is 0 Å². The number of sulfonamides is 1. The molecule has 0 spiro atoms. The first-order valence-corrected chi connectivity index (χ1v) is 11.1. The van der Waals surface area contributed by atoms with Crippen molar-refractivity contribution in [2.45, 2.75) is 44.7 Å². The van der Waals surface area contributed by atoms with Crippen LogP contribution in [-0.4, -0.2) is 24.7 Å². The van der Waals surface area contributed by atoms with E-state index < -0.39 is 33.4 Å². The number of carbonyl (C=O) groups excluding carboxylic acids is 1. The lowest BCUT2D eigenvalue weighted by Crippen LogP contribution is -2.45. The molecule has 0 aliphatic carbocycles. The molecule has 0 aromatic heterocycles. The number of nitrogens with zero attached hydrogens (tertiary/aromatic N) is 1. The Kier molecular flexibility index (Phi) is 5.64. The molecule has 1 heterocycles. The molecular formula is C22H25ClN2O3S. The minimum absolute atomic E-state index is 0.215. The second-order valence-electron chi connectivity index (χ2n) is 8.35. The Morgan fingerprint density at radius 1 is 1.07 bits per heavy atom. The van der Waals surface area contributed by atoms with Crippen molar-refractivity contribution in [3.8, 4) is 0 Å². The Hall–Kier alpha value is -2.15. The van der Waals surface area contributed by atoms with Crippen LogP contribution in [0.4, 0.5) is 0 Å². The van der Waals surface area contributed by atoms with Crippen LogP contribution in [0, 0.1) is 12.3 Å². The summed E-state index contributed by atoms with van der Waals surface area (Å²) in [6.07, 6.45) is 1.69. The van der Waals surface area contributed by atoms with Crippen molar-refractivity contribution in [1.82, 2.24) is 4.31 Å². The van der Waals surface area contributed by atoms with Gasteiger partial charge in [0.2, 0.25) is 15.9 Å². The third-order valence-electron chi connectivity index (χ3n) is 5.17. The minimum Gasteiger partial charge on any atom is -0.366 e. The summed E-state index contributed by atoms with van der Waals surface area (Å²) >= 11 is 6.02. The van der Waals surface area contributed by atoms with Crippen LogP contribution in [0.1, 0.15) is 37.9 Å². The second kappa shape index (κ2) is 7.59. The predicted molar refractivity (Wildman–Crippen MR) is 115 cm³/mol. The van der Waals surface area contributed by atoms with Crippen LogP contribution in [0.3, 0.4) is 0 Å². The molecule has 7 heteroatoms. The van der Waals surface area contributed by atoms with E-state index in [1.54, 1.807) is 61.5 Å². The average Bonchev–Trinajstić information content (AvgIpc) is 3.04. The van der Waals surface area contributed by atoms with Gasteiger partial charge in [-0.05, 0) is 41.7 Å². The molecule has 1 aliphatic rings. The van der Waals surface area contributed by atoms with E-state index in [1.807, 2.05) is 20.8 Å². The van der Waals surface area contributed by atoms with Gasteiger partial charge in [-0.3, -0.25) is 4.79 Å². The summed E-state index contributed by atoms with van der Waals surface area (Å²) < 4.78 is 29.1. The second-order valence-corrected chi connectivity index (χ2v) is 10.6. The first-order valence-electron chi connectivity index (χ1n) is 9.30. The van der Waals surface area contributed by atoms with Gasteiger partial charge in [0.15, 0.2) is 0 Å². The van der Waals surface area contributed by atoms with Crippen LogP contribution in [0.2, 0.25) is 5.02 Å². The SMILES string of the molecule is Cc1ccccc1S(=O)(=O)N1[C@@H](c2ccc(Cl)cc2)C(C(N)=O)=C[C@H]1C(C)(C)C. The highest BCUT2D eigenvalue weighted by Crippen LogP contribution is 2.46. The topological polar surface area (TPSA) is 80.5 Å². The van der Waals surface area contributed by atoms with Gasteiger partial charge in [-0.2, -0.15) is 4.31 Å². The molecule has 2 aromatic rings. The molecule has 29 heavy (non-hydrogen) atoms. The Bertz CT molecular complexity index is 1070. The molecule has 3 rings (SSSR count). The first-order chi connectivity index (χ1) is 13.4. The van der Waals surface area contributed by atoms with Crippen LogP contribution >= 0.6 is 11.6 Å². The minimum atomic E-state index is -3.94. The molecule has 2 N–H and O–H groups in total. The number of halogens is 1. The summed E-state index contributed by atoms with van der Waals surface area (Å²) in [5.41, 5.74) is 6.77. The lowest BCUT2D eigenvalue weighted by atomic mass is 9.87. The van der Waals surface area contributed by atoms with Gasteiger partial charge in [-0.1, -0.05) is 68.8 Å². The monoisotopic (exact) mass is 432 g/mol. The molecule has 0 fully saturated rings. The summed E-state index contributed by atoms with van der Waals surface area (Å²) in [5, 5.41) is 0.525. The van der Waals surface area contributed by atoms with Crippen LogP contribution in [0.5, 0.6) is 0 Å². The Balaban J connectivity index is 2.27. The fourth-order valence-electron chi connectivity index (χ4n) is 3.70. The van der Waals surface area contributed by atoms with Gasteiger partial charge in [0.05, 0.1) is 10.9 Å². The van der Waals surface area contributed by atoms with Crippen molar-refractivity contribution in [2.75, 3.05) is 0 Å². The van der Waals surface area contributed by atoms with E-state index >= 15 is 0 Å². The molecule has 5 nitrogen and oxygen atoms in total. The third kappa shape index (κ3) is 3.97. The van der Waals surface area contributed by atoms with Crippen molar-refractivity contribution in [1.29, 1.82) is 0 Å². The summed E-state index contributed by atoms with van der Waals surface area (Å²) in [6.45, 7) is 7.58. The van der Waals surface area contributed by atoms with Crippen molar-refractivity contribution in [3.05, 3.63) is 76.3 Å². The normalized spacial score (nSPS) is 20.5. The molecular weight excluding hydrogens is 408 g/mol. The smallest absolute Gasteiger partial charge is 0.246 e.